The van der Waals surface area contributed by atoms with E-state index in [9.17, 15) is 24.3 Å². The molecule has 0 radical (unpaired) electrons. The van der Waals surface area contributed by atoms with Crippen molar-refractivity contribution in [1.82, 2.24) is 4.90 Å². The lowest BCUT2D eigenvalue weighted by molar-refractivity contribution is -0.119. The molecule has 2 aliphatic rings. The zero-order valence-corrected chi connectivity index (χ0v) is 25.7. The van der Waals surface area contributed by atoms with Crippen LogP contribution in [0.3, 0.4) is 0 Å². The van der Waals surface area contributed by atoms with Crippen LogP contribution in [0, 0.1) is 34.2 Å². The minimum absolute atomic E-state index is 0.0468. The number of aromatic carboxylic acids is 1. The minimum atomic E-state index is -1.80. The van der Waals surface area contributed by atoms with Gasteiger partial charge in [0.1, 0.15) is 34.7 Å². The predicted octanol–water partition coefficient (Wildman–Crippen LogP) is 7.16. The van der Waals surface area contributed by atoms with Gasteiger partial charge in [-0.2, -0.15) is 5.26 Å². The number of carbonyl (C=O) groups is 2. The molecular weight excluding hydrogens is 618 g/mol. The van der Waals surface area contributed by atoms with Gasteiger partial charge >= 0.3 is 5.97 Å². The van der Waals surface area contributed by atoms with Crippen molar-refractivity contribution in [2.75, 3.05) is 18.7 Å². The molecule has 2 saturated heterocycles. The van der Waals surface area contributed by atoms with Gasteiger partial charge in [0.25, 0.3) is 0 Å². The van der Waals surface area contributed by atoms with E-state index in [1.165, 1.54) is 42.3 Å². The van der Waals surface area contributed by atoms with Crippen molar-refractivity contribution < 1.29 is 32.6 Å². The summed E-state index contributed by atoms with van der Waals surface area (Å²) in [5.41, 5.74) is -3.08. The molecule has 3 aromatic rings. The highest BCUT2D eigenvalue weighted by molar-refractivity contribution is 6.31. The Kier molecular flexibility index (Phi) is 8.12. The van der Waals surface area contributed by atoms with Crippen molar-refractivity contribution in [3.8, 4) is 11.8 Å². The van der Waals surface area contributed by atoms with E-state index >= 15 is 8.78 Å². The molecule has 1 N–H and O–H groups in total. The maximum atomic E-state index is 15.9. The highest BCUT2D eigenvalue weighted by atomic mass is 35.5. The number of methoxy groups -OCH3 is 1. The largest absolute Gasteiger partial charge is 0.495 e. The van der Waals surface area contributed by atoms with E-state index in [0.717, 1.165) is 18.2 Å². The van der Waals surface area contributed by atoms with Crippen LogP contribution in [0.15, 0.2) is 48.5 Å². The number of hydrogen-bond acceptors (Lipinski definition) is 5. The highest BCUT2D eigenvalue weighted by Gasteiger charge is 2.67. The minimum Gasteiger partial charge on any atom is -0.495 e. The molecule has 2 heterocycles. The van der Waals surface area contributed by atoms with Crippen LogP contribution in [0.1, 0.15) is 54.6 Å². The molecule has 3 aromatic carbocycles. The normalized spacial score (nSPS) is 23.5. The molecule has 0 aliphatic carbocycles. The zero-order valence-electron chi connectivity index (χ0n) is 24.2. The van der Waals surface area contributed by atoms with Crippen LogP contribution in [0.4, 0.5) is 18.9 Å². The third kappa shape index (κ3) is 4.97. The van der Waals surface area contributed by atoms with Gasteiger partial charge in [-0.25, -0.2) is 18.0 Å². The maximum absolute atomic E-state index is 15.9. The monoisotopic (exact) mass is 645 g/mol. The number of nitriles is 1. The first-order chi connectivity index (χ1) is 20.7. The van der Waals surface area contributed by atoms with Gasteiger partial charge in [0, 0.05) is 28.6 Å². The van der Waals surface area contributed by atoms with Gasteiger partial charge in [-0.3, -0.25) is 14.6 Å². The Hall–Kier alpha value is -3.78. The maximum Gasteiger partial charge on any atom is 0.338 e. The van der Waals surface area contributed by atoms with Gasteiger partial charge in [0.15, 0.2) is 0 Å². The fraction of sp³-hybridized carbons (Fsp3) is 0.344. The summed E-state index contributed by atoms with van der Waals surface area (Å²) in [6.45, 7) is 5.57. The van der Waals surface area contributed by atoms with Crippen LogP contribution >= 0.6 is 23.2 Å². The van der Waals surface area contributed by atoms with Gasteiger partial charge in [-0.1, -0.05) is 62.2 Å². The van der Waals surface area contributed by atoms with Crippen molar-refractivity contribution in [3.05, 3.63) is 92.7 Å². The van der Waals surface area contributed by atoms with E-state index in [1.807, 2.05) is 20.8 Å². The summed E-state index contributed by atoms with van der Waals surface area (Å²) in [5.74, 6) is -6.25. The lowest BCUT2D eigenvalue weighted by Crippen LogP contribution is -2.48. The highest BCUT2D eigenvalue weighted by Crippen LogP contribution is 2.58. The number of benzene rings is 3. The van der Waals surface area contributed by atoms with E-state index in [0.29, 0.717) is 0 Å². The SMILES string of the molecule is COc1cc(C(=O)O)c(F)cc1N1CN2C(CC(C)(C)C)[C@](C#N)(c3ccc(Cl)cc3F)C(c3cccc(Cl)c3F)[C@@H]2C1=O. The van der Waals surface area contributed by atoms with E-state index in [-0.39, 0.29) is 45.7 Å². The first-order valence-corrected chi connectivity index (χ1v) is 14.4. The second-order valence-corrected chi connectivity index (χ2v) is 13.0. The Morgan fingerprint density at radius 2 is 1.84 bits per heavy atom. The molecular formula is C32H28Cl2F3N3O4. The summed E-state index contributed by atoms with van der Waals surface area (Å²) in [6, 6.07) is 10.2. The molecule has 4 atom stereocenters. The molecule has 0 spiro atoms. The third-order valence-electron chi connectivity index (χ3n) is 8.39. The number of hydrogen-bond donors (Lipinski definition) is 1. The van der Waals surface area contributed by atoms with Crippen molar-refractivity contribution >= 4 is 40.8 Å². The lowest BCUT2D eigenvalue weighted by atomic mass is 9.62. The molecule has 230 valence electrons. The molecule has 7 nitrogen and oxygen atoms in total. The fourth-order valence-electron chi connectivity index (χ4n) is 6.65. The summed E-state index contributed by atoms with van der Waals surface area (Å²) in [4.78, 5) is 28.9. The number of rotatable bonds is 6. The average molecular weight is 646 g/mol. The average Bonchev–Trinajstić information content (AvgIpc) is 3.40. The van der Waals surface area contributed by atoms with Gasteiger partial charge in [-0.05, 0) is 41.7 Å². The number of nitrogens with zero attached hydrogens (tertiary/aromatic N) is 3. The number of halogens is 5. The van der Waals surface area contributed by atoms with E-state index in [2.05, 4.69) is 6.07 Å². The Morgan fingerprint density at radius 3 is 2.43 bits per heavy atom. The van der Waals surface area contributed by atoms with E-state index < -0.39 is 63.7 Å². The standard InChI is InChI=1S/C32H28Cl2F3N3O4/c1-31(2,3)13-25-32(14-38,19-9-8-16(33)10-22(19)36)26(17-6-5-7-20(34)27(17)37)28-29(41)39(15-40(25)28)23-12-21(35)18(30(42)43)11-24(23)44-4/h5-12,25-26,28H,13,15H2,1-4H3,(H,42,43)/t25?,26?,28-,32+/m1/s1. The van der Waals surface area contributed by atoms with Gasteiger partial charge in [0.05, 0.1) is 36.1 Å². The van der Waals surface area contributed by atoms with Crippen molar-refractivity contribution in [2.45, 2.75) is 50.6 Å². The molecule has 0 saturated carbocycles. The molecule has 5 rings (SSSR count). The lowest BCUT2D eigenvalue weighted by Gasteiger charge is -2.40. The number of carbonyl (C=O) groups excluding carboxylic acids is 1. The zero-order chi connectivity index (χ0) is 32.3. The van der Waals surface area contributed by atoms with E-state index in [4.69, 9.17) is 27.9 Å². The van der Waals surface area contributed by atoms with Crippen molar-refractivity contribution in [3.63, 3.8) is 0 Å². The summed E-state index contributed by atoms with van der Waals surface area (Å²) >= 11 is 12.3. The third-order valence-corrected chi connectivity index (χ3v) is 8.91. The van der Waals surface area contributed by atoms with Crippen molar-refractivity contribution in [2.24, 2.45) is 5.41 Å². The Morgan fingerprint density at radius 1 is 1.14 bits per heavy atom. The van der Waals surface area contributed by atoms with Crippen LogP contribution in [0.25, 0.3) is 0 Å². The van der Waals surface area contributed by atoms with Crippen LogP contribution in [0.5, 0.6) is 5.75 Å². The Balaban J connectivity index is 1.80. The summed E-state index contributed by atoms with van der Waals surface area (Å²) in [5, 5.41) is 20.3. The molecule has 44 heavy (non-hydrogen) atoms. The van der Waals surface area contributed by atoms with E-state index in [1.54, 1.807) is 4.90 Å². The molecule has 0 aromatic heterocycles. The molecule has 2 unspecified atom stereocenters. The van der Waals surface area contributed by atoms with Crippen LogP contribution in [-0.2, 0) is 10.2 Å². The number of carboxylic acids is 1. The number of fused-ring (bicyclic) bond motifs is 1. The first-order valence-electron chi connectivity index (χ1n) is 13.6. The van der Waals surface area contributed by atoms with Crippen LogP contribution in [0.2, 0.25) is 10.0 Å². The molecule has 2 aliphatic heterocycles. The van der Waals surface area contributed by atoms with Crippen LogP contribution in [-0.4, -0.2) is 47.7 Å². The quantitative estimate of drug-likeness (QED) is 0.306. The molecule has 0 bridgehead atoms. The smallest absolute Gasteiger partial charge is 0.338 e. The van der Waals surface area contributed by atoms with Gasteiger partial charge in [0.2, 0.25) is 5.91 Å². The summed E-state index contributed by atoms with van der Waals surface area (Å²) in [6.07, 6.45) is 0.266. The van der Waals surface area contributed by atoms with Gasteiger partial charge in [-0.15, -0.1) is 0 Å². The second-order valence-electron chi connectivity index (χ2n) is 12.2. The fourth-order valence-corrected chi connectivity index (χ4v) is 6.99. The molecule has 1 amide bonds. The van der Waals surface area contributed by atoms with Gasteiger partial charge < -0.3 is 9.84 Å². The van der Waals surface area contributed by atoms with Crippen LogP contribution < -0.4 is 9.64 Å². The Labute approximate surface area is 262 Å². The van der Waals surface area contributed by atoms with Crippen molar-refractivity contribution in [1.29, 1.82) is 5.26 Å². The molecule has 2 fully saturated rings. The number of amides is 1. The number of carboxylic acid groups (broad SMARTS) is 1. The number of ether oxygens (including phenoxy) is 1. The Bertz CT molecular complexity index is 1720. The topological polar surface area (TPSA) is 93.9 Å². The molecule has 12 heteroatoms. The number of anilines is 1. The second kappa shape index (κ2) is 11.3. The summed E-state index contributed by atoms with van der Waals surface area (Å²) in [7, 11) is 1.25. The predicted molar refractivity (Wildman–Crippen MR) is 159 cm³/mol. The summed E-state index contributed by atoms with van der Waals surface area (Å²) < 4.78 is 52.2. The first kappa shape index (κ1) is 31.6.